The number of benzene rings is 1. The molecule has 2 amide bonds. The highest BCUT2D eigenvalue weighted by Gasteiger charge is 2.44. The lowest BCUT2D eigenvalue weighted by Gasteiger charge is -2.42. The minimum atomic E-state index is -0.961. The largest absolute Gasteiger partial charge is 0.322 e. The average Bonchev–Trinajstić information content (AvgIpc) is 2.93. The van der Waals surface area contributed by atoms with Gasteiger partial charge >= 0.3 is 0 Å². The zero-order valence-electron chi connectivity index (χ0n) is 13.9. The van der Waals surface area contributed by atoms with Gasteiger partial charge in [-0.25, -0.2) is 0 Å². The van der Waals surface area contributed by atoms with Crippen molar-refractivity contribution in [3.63, 3.8) is 0 Å². The third kappa shape index (κ3) is 2.91. The maximum Gasteiger partial charge on any atom is 0.250 e. The van der Waals surface area contributed by atoms with Gasteiger partial charge in [-0.05, 0) is 39.8 Å². The summed E-state index contributed by atoms with van der Waals surface area (Å²) >= 11 is 2.82. The van der Waals surface area contributed by atoms with Crippen molar-refractivity contribution in [2.75, 3.05) is 10.2 Å². The first kappa shape index (κ1) is 16.9. The van der Waals surface area contributed by atoms with E-state index in [1.165, 1.54) is 23.1 Å². The molecule has 1 aliphatic rings. The van der Waals surface area contributed by atoms with Crippen molar-refractivity contribution in [2.24, 2.45) is 0 Å². The molecule has 0 aliphatic carbocycles. The van der Waals surface area contributed by atoms with E-state index >= 15 is 0 Å². The third-order valence-electron chi connectivity index (χ3n) is 3.86. The van der Waals surface area contributed by atoms with E-state index in [1.807, 2.05) is 32.0 Å². The molecule has 8 heteroatoms. The molecule has 0 bridgehead atoms. The topological polar surface area (TPSA) is 75.2 Å². The molecule has 0 fully saturated rings. The molecular formula is C16H18N4O2S2. The van der Waals surface area contributed by atoms with Crippen molar-refractivity contribution < 1.29 is 9.59 Å². The van der Waals surface area contributed by atoms with Gasteiger partial charge in [0.2, 0.25) is 11.8 Å². The summed E-state index contributed by atoms with van der Waals surface area (Å²) in [5.41, 5.74) is 0.407. The second-order valence-corrected chi connectivity index (χ2v) is 8.82. The van der Waals surface area contributed by atoms with Crippen LogP contribution in [0.3, 0.4) is 0 Å². The smallest absolute Gasteiger partial charge is 0.250 e. The Labute approximate surface area is 148 Å². The van der Waals surface area contributed by atoms with E-state index in [4.69, 9.17) is 0 Å². The van der Waals surface area contributed by atoms with Crippen molar-refractivity contribution >= 4 is 46.3 Å². The Balaban J connectivity index is 1.93. The van der Waals surface area contributed by atoms with Crippen molar-refractivity contribution in [3.8, 4) is 0 Å². The number of aromatic nitrogens is 2. The van der Waals surface area contributed by atoms with Gasteiger partial charge in [0.15, 0.2) is 4.34 Å². The second-order valence-electron chi connectivity index (χ2n) is 6.05. The number of rotatable bonds is 3. The minimum absolute atomic E-state index is 0.125. The Morgan fingerprint density at radius 1 is 1.33 bits per heavy atom. The molecule has 126 valence electrons. The van der Waals surface area contributed by atoms with Gasteiger partial charge in [0, 0.05) is 0 Å². The van der Waals surface area contributed by atoms with Crippen LogP contribution in [0, 0.1) is 6.92 Å². The van der Waals surface area contributed by atoms with E-state index < -0.39 is 5.54 Å². The summed E-state index contributed by atoms with van der Waals surface area (Å²) in [7, 11) is 0. The molecule has 0 spiro atoms. The van der Waals surface area contributed by atoms with Gasteiger partial charge in [-0.1, -0.05) is 35.2 Å². The summed E-state index contributed by atoms with van der Waals surface area (Å²) in [6.07, 6.45) is 0. The lowest BCUT2D eigenvalue weighted by atomic mass is 9.96. The molecule has 1 aromatic heterocycles. The Hall–Kier alpha value is -1.93. The van der Waals surface area contributed by atoms with Crippen LogP contribution in [-0.4, -0.2) is 32.8 Å². The number of amides is 2. The van der Waals surface area contributed by atoms with Crippen LogP contribution in [0.4, 0.5) is 11.4 Å². The first-order valence-corrected chi connectivity index (χ1v) is 9.21. The Bertz CT molecular complexity index is 803. The number of anilines is 2. The monoisotopic (exact) mass is 362 g/mol. The molecule has 1 atom stereocenters. The fourth-order valence-corrected chi connectivity index (χ4v) is 4.56. The molecule has 1 unspecified atom stereocenters. The van der Waals surface area contributed by atoms with Crippen LogP contribution in [0.25, 0.3) is 0 Å². The van der Waals surface area contributed by atoms with E-state index in [1.54, 1.807) is 24.8 Å². The van der Waals surface area contributed by atoms with Gasteiger partial charge in [-0.15, -0.1) is 10.2 Å². The second kappa shape index (κ2) is 6.18. The number of para-hydroxylation sites is 2. The van der Waals surface area contributed by atoms with E-state index in [9.17, 15) is 9.59 Å². The summed E-state index contributed by atoms with van der Waals surface area (Å²) in [5, 5.41) is 11.4. The Kier molecular flexibility index (Phi) is 4.35. The lowest BCUT2D eigenvalue weighted by Crippen LogP contribution is -2.60. The van der Waals surface area contributed by atoms with Crippen LogP contribution in [-0.2, 0) is 9.59 Å². The predicted molar refractivity (Wildman–Crippen MR) is 96.6 cm³/mol. The molecule has 1 aromatic carbocycles. The van der Waals surface area contributed by atoms with Crippen LogP contribution in [0.2, 0.25) is 0 Å². The molecular weight excluding hydrogens is 344 g/mol. The fraction of sp³-hybridized carbons (Fsp3) is 0.375. The molecule has 6 nitrogen and oxygen atoms in total. The highest BCUT2D eigenvalue weighted by molar-refractivity contribution is 8.02. The van der Waals surface area contributed by atoms with Gasteiger partial charge in [0.05, 0.1) is 16.6 Å². The van der Waals surface area contributed by atoms with Crippen LogP contribution in [0.15, 0.2) is 28.6 Å². The van der Waals surface area contributed by atoms with Crippen molar-refractivity contribution in [1.82, 2.24) is 10.2 Å². The molecule has 2 aromatic rings. The predicted octanol–water partition coefficient (Wildman–Crippen LogP) is 3.09. The first-order valence-electron chi connectivity index (χ1n) is 7.52. The number of hydrogen-bond acceptors (Lipinski definition) is 6. The SMILES string of the molecule is Cc1nnc(SC(C)C(=O)N2c3ccccc3NC(=O)C2(C)C)s1. The van der Waals surface area contributed by atoms with E-state index in [-0.39, 0.29) is 17.1 Å². The van der Waals surface area contributed by atoms with Gasteiger partial charge in [0.25, 0.3) is 0 Å². The van der Waals surface area contributed by atoms with Crippen LogP contribution in [0.1, 0.15) is 25.8 Å². The van der Waals surface area contributed by atoms with Crippen molar-refractivity contribution in [1.29, 1.82) is 0 Å². The van der Waals surface area contributed by atoms with Gasteiger partial charge in [-0.2, -0.15) is 0 Å². The number of fused-ring (bicyclic) bond motifs is 1. The molecule has 0 radical (unpaired) electrons. The number of nitrogens with one attached hydrogen (secondary N) is 1. The summed E-state index contributed by atoms with van der Waals surface area (Å²) in [6.45, 7) is 7.21. The third-order valence-corrected chi connectivity index (χ3v) is 5.87. The molecule has 2 heterocycles. The van der Waals surface area contributed by atoms with Gasteiger partial charge in [-0.3, -0.25) is 14.5 Å². The number of thioether (sulfide) groups is 1. The normalized spacial score (nSPS) is 17.2. The van der Waals surface area contributed by atoms with Crippen LogP contribution < -0.4 is 10.2 Å². The summed E-state index contributed by atoms with van der Waals surface area (Å²) < 4.78 is 0.751. The molecule has 0 saturated carbocycles. The average molecular weight is 362 g/mol. The van der Waals surface area contributed by atoms with Gasteiger partial charge in [0.1, 0.15) is 10.5 Å². The molecule has 3 rings (SSSR count). The quantitative estimate of drug-likeness (QED) is 0.849. The van der Waals surface area contributed by atoms with E-state index in [0.29, 0.717) is 11.4 Å². The van der Waals surface area contributed by atoms with Crippen LogP contribution >= 0.6 is 23.1 Å². The number of aryl methyl sites for hydroxylation is 1. The summed E-state index contributed by atoms with van der Waals surface area (Å²) in [4.78, 5) is 27.2. The maximum atomic E-state index is 13.1. The van der Waals surface area contributed by atoms with Gasteiger partial charge < -0.3 is 5.32 Å². The Morgan fingerprint density at radius 2 is 2.04 bits per heavy atom. The first-order chi connectivity index (χ1) is 11.3. The Morgan fingerprint density at radius 3 is 2.71 bits per heavy atom. The van der Waals surface area contributed by atoms with E-state index in [2.05, 4.69) is 15.5 Å². The number of carbonyl (C=O) groups excluding carboxylic acids is 2. The minimum Gasteiger partial charge on any atom is -0.322 e. The lowest BCUT2D eigenvalue weighted by molar-refractivity contribution is -0.126. The zero-order valence-corrected chi connectivity index (χ0v) is 15.5. The zero-order chi connectivity index (χ0) is 17.5. The fourth-order valence-electron chi connectivity index (χ4n) is 2.56. The molecule has 1 N–H and O–H groups in total. The van der Waals surface area contributed by atoms with Crippen LogP contribution in [0.5, 0.6) is 0 Å². The highest BCUT2D eigenvalue weighted by atomic mass is 32.2. The molecule has 24 heavy (non-hydrogen) atoms. The molecule has 0 saturated heterocycles. The summed E-state index contributed by atoms with van der Waals surface area (Å²) in [6, 6.07) is 7.34. The molecule has 1 aliphatic heterocycles. The number of nitrogens with zero attached hydrogens (tertiary/aromatic N) is 3. The standard InChI is InChI=1S/C16H18N4O2S2/c1-9(23-15-19-18-10(2)24-15)13(21)20-12-8-6-5-7-11(12)17-14(22)16(20,3)4/h5-9H,1-4H3,(H,17,22). The summed E-state index contributed by atoms with van der Waals surface area (Å²) in [5.74, 6) is -0.321. The highest BCUT2D eigenvalue weighted by Crippen LogP contribution is 2.38. The van der Waals surface area contributed by atoms with E-state index in [0.717, 1.165) is 9.35 Å². The van der Waals surface area contributed by atoms with Crippen molar-refractivity contribution in [2.45, 2.75) is 42.8 Å². The van der Waals surface area contributed by atoms with Crippen molar-refractivity contribution in [3.05, 3.63) is 29.3 Å². The number of carbonyl (C=O) groups is 2. The number of hydrogen-bond donors (Lipinski definition) is 1. The maximum absolute atomic E-state index is 13.1.